The summed E-state index contributed by atoms with van der Waals surface area (Å²) in [6.45, 7) is -1.04. The van der Waals surface area contributed by atoms with Crippen LogP contribution in [-0.2, 0) is 14.6 Å². The van der Waals surface area contributed by atoms with Crippen LogP contribution >= 0.6 is 0 Å². The van der Waals surface area contributed by atoms with Crippen LogP contribution in [0.3, 0.4) is 0 Å². The molecule has 0 radical (unpaired) electrons. The first-order valence-electron chi connectivity index (χ1n) is 3.40. The highest BCUT2D eigenvalue weighted by Gasteiger charge is 2.33. The minimum Gasteiger partial charge on any atom is -0.264 e. The quantitative estimate of drug-likeness (QED) is 0.564. The van der Waals surface area contributed by atoms with Gasteiger partial charge in [-0.2, -0.15) is 8.42 Å². The molecule has 0 aromatic rings. The van der Waals surface area contributed by atoms with E-state index in [0.717, 1.165) is 0 Å². The molecule has 0 aromatic heterocycles. The maximum Gasteiger partial charge on any atom is 0.397 e. The molecule has 0 aromatic carbocycles. The van der Waals surface area contributed by atoms with E-state index in [0.29, 0.717) is 0 Å². The highest BCUT2D eigenvalue weighted by molar-refractivity contribution is 7.80. The van der Waals surface area contributed by atoms with E-state index >= 15 is 0 Å². The van der Waals surface area contributed by atoms with Crippen molar-refractivity contribution in [1.82, 2.24) is 0 Å². The lowest BCUT2D eigenvalue weighted by molar-refractivity contribution is -0.0662. The van der Waals surface area contributed by atoms with Crippen molar-refractivity contribution >= 4 is 10.4 Å². The SMILES string of the molecule is O=S(=O)(O)OCCC(F)(F)CC(F)F. The van der Waals surface area contributed by atoms with Crippen molar-refractivity contribution in [1.29, 1.82) is 0 Å². The number of halogens is 4. The van der Waals surface area contributed by atoms with Gasteiger partial charge in [0.25, 0.3) is 5.92 Å². The van der Waals surface area contributed by atoms with E-state index in [1.807, 2.05) is 0 Å². The topological polar surface area (TPSA) is 63.6 Å². The van der Waals surface area contributed by atoms with Crippen LogP contribution in [0, 0.1) is 0 Å². The van der Waals surface area contributed by atoms with Gasteiger partial charge in [-0.15, -0.1) is 0 Å². The summed E-state index contributed by atoms with van der Waals surface area (Å²) in [6, 6.07) is 0. The van der Waals surface area contributed by atoms with Crippen LogP contribution in [0.4, 0.5) is 17.6 Å². The van der Waals surface area contributed by atoms with Crippen LogP contribution in [0.2, 0.25) is 0 Å². The molecule has 0 unspecified atom stereocenters. The first-order valence-corrected chi connectivity index (χ1v) is 4.77. The molecule has 0 aliphatic carbocycles. The van der Waals surface area contributed by atoms with Crippen LogP contribution in [0.25, 0.3) is 0 Å². The predicted molar refractivity (Wildman–Crippen MR) is 37.7 cm³/mol. The van der Waals surface area contributed by atoms with Gasteiger partial charge < -0.3 is 0 Å². The average molecular weight is 240 g/mol. The second-order valence-electron chi connectivity index (χ2n) is 2.45. The minimum absolute atomic E-state index is 1.04. The molecule has 0 atom stereocenters. The van der Waals surface area contributed by atoms with Gasteiger partial charge in [0.1, 0.15) is 0 Å². The van der Waals surface area contributed by atoms with E-state index in [-0.39, 0.29) is 0 Å². The van der Waals surface area contributed by atoms with E-state index in [4.69, 9.17) is 4.55 Å². The highest BCUT2D eigenvalue weighted by atomic mass is 32.3. The zero-order valence-electron chi connectivity index (χ0n) is 6.79. The van der Waals surface area contributed by atoms with E-state index in [9.17, 15) is 26.0 Å². The zero-order valence-corrected chi connectivity index (χ0v) is 7.61. The first-order chi connectivity index (χ1) is 6.12. The van der Waals surface area contributed by atoms with Crippen LogP contribution in [0.5, 0.6) is 0 Å². The summed E-state index contributed by atoms with van der Waals surface area (Å²) in [5.74, 6) is -3.71. The molecule has 14 heavy (non-hydrogen) atoms. The van der Waals surface area contributed by atoms with Gasteiger partial charge >= 0.3 is 10.4 Å². The van der Waals surface area contributed by atoms with Gasteiger partial charge in [-0.25, -0.2) is 21.7 Å². The number of rotatable bonds is 6. The Balaban J connectivity index is 3.88. The van der Waals surface area contributed by atoms with Crippen molar-refractivity contribution in [2.24, 2.45) is 0 Å². The van der Waals surface area contributed by atoms with Crippen molar-refractivity contribution in [3.05, 3.63) is 0 Å². The molecule has 4 nitrogen and oxygen atoms in total. The Bertz CT molecular complexity index is 263. The zero-order chi connectivity index (χ0) is 11.4. The molecule has 0 amide bonds. The Hall–Kier alpha value is -0.410. The lowest BCUT2D eigenvalue weighted by Gasteiger charge is -2.14. The van der Waals surface area contributed by atoms with Gasteiger partial charge in [0.2, 0.25) is 6.43 Å². The summed E-state index contributed by atoms with van der Waals surface area (Å²) in [7, 11) is -4.80. The molecule has 0 saturated heterocycles. The summed E-state index contributed by atoms with van der Waals surface area (Å²) in [5.41, 5.74) is 0. The fraction of sp³-hybridized carbons (Fsp3) is 1.00. The molecule has 0 spiro atoms. The average Bonchev–Trinajstić information content (AvgIpc) is 1.78. The molecule has 9 heteroatoms. The summed E-state index contributed by atoms with van der Waals surface area (Å²) >= 11 is 0. The van der Waals surface area contributed by atoms with Gasteiger partial charge in [-0.3, -0.25) is 4.55 Å². The smallest absolute Gasteiger partial charge is 0.264 e. The second kappa shape index (κ2) is 4.89. The number of hydrogen-bond acceptors (Lipinski definition) is 3. The standard InChI is InChI=1S/C5H8F4O4S/c6-4(7)3-5(8,9)1-2-13-14(10,11)12/h4H,1-3H2,(H,10,11,12). The Morgan fingerprint density at radius 2 is 1.86 bits per heavy atom. The molecular weight excluding hydrogens is 232 g/mol. The maximum atomic E-state index is 12.4. The highest BCUT2D eigenvalue weighted by Crippen LogP contribution is 2.26. The van der Waals surface area contributed by atoms with Gasteiger partial charge in [0.15, 0.2) is 0 Å². The van der Waals surface area contributed by atoms with E-state index in [2.05, 4.69) is 4.18 Å². The molecular formula is C5H8F4O4S. The predicted octanol–water partition coefficient (Wildman–Crippen LogP) is 1.49. The molecule has 0 aliphatic heterocycles. The van der Waals surface area contributed by atoms with Crippen LogP contribution in [-0.4, -0.2) is 31.9 Å². The Labute approximate surface area is 77.8 Å². The third-order valence-electron chi connectivity index (χ3n) is 1.15. The number of alkyl halides is 4. The van der Waals surface area contributed by atoms with Crippen LogP contribution in [0.1, 0.15) is 12.8 Å². The van der Waals surface area contributed by atoms with E-state index in [1.165, 1.54) is 0 Å². The molecule has 0 rings (SSSR count). The van der Waals surface area contributed by atoms with Crippen molar-refractivity contribution in [3.63, 3.8) is 0 Å². The third kappa shape index (κ3) is 8.20. The fourth-order valence-corrected chi connectivity index (χ4v) is 0.918. The summed E-state index contributed by atoms with van der Waals surface area (Å²) in [5, 5.41) is 0. The van der Waals surface area contributed by atoms with Crippen molar-refractivity contribution < 1.29 is 34.7 Å². The second-order valence-corrected chi connectivity index (χ2v) is 3.54. The summed E-state index contributed by atoms with van der Waals surface area (Å²) in [6.07, 6.45) is -6.05. The molecule has 86 valence electrons. The molecule has 0 saturated carbocycles. The summed E-state index contributed by atoms with van der Waals surface area (Å²) < 4.78 is 79.1. The molecule has 0 bridgehead atoms. The van der Waals surface area contributed by atoms with E-state index in [1.54, 1.807) is 0 Å². The first kappa shape index (κ1) is 13.6. The number of hydrogen-bond donors (Lipinski definition) is 1. The van der Waals surface area contributed by atoms with Gasteiger partial charge in [0.05, 0.1) is 13.0 Å². The monoisotopic (exact) mass is 240 g/mol. The molecule has 0 heterocycles. The summed E-state index contributed by atoms with van der Waals surface area (Å²) in [4.78, 5) is 0. The molecule has 0 aliphatic rings. The fourth-order valence-electron chi connectivity index (χ4n) is 0.624. The lowest BCUT2D eigenvalue weighted by Crippen LogP contribution is -2.23. The van der Waals surface area contributed by atoms with Crippen LogP contribution in [0.15, 0.2) is 0 Å². The molecule has 0 fully saturated rings. The lowest BCUT2D eigenvalue weighted by atomic mass is 10.2. The minimum atomic E-state index is -4.80. The van der Waals surface area contributed by atoms with Gasteiger partial charge in [-0.05, 0) is 0 Å². The largest absolute Gasteiger partial charge is 0.397 e. The van der Waals surface area contributed by atoms with Gasteiger partial charge in [0, 0.05) is 6.42 Å². The third-order valence-corrected chi connectivity index (χ3v) is 1.62. The Morgan fingerprint density at radius 3 is 2.21 bits per heavy atom. The normalized spacial score (nSPS) is 13.6. The molecule has 1 N–H and O–H groups in total. The van der Waals surface area contributed by atoms with Crippen molar-refractivity contribution in [2.75, 3.05) is 6.61 Å². The van der Waals surface area contributed by atoms with Crippen molar-refractivity contribution in [2.45, 2.75) is 25.2 Å². The maximum absolute atomic E-state index is 12.4. The van der Waals surface area contributed by atoms with Gasteiger partial charge in [-0.1, -0.05) is 0 Å². The Morgan fingerprint density at radius 1 is 1.36 bits per heavy atom. The van der Waals surface area contributed by atoms with E-state index < -0.39 is 42.2 Å². The van der Waals surface area contributed by atoms with Crippen LogP contribution < -0.4 is 0 Å². The van der Waals surface area contributed by atoms with Crippen molar-refractivity contribution in [3.8, 4) is 0 Å². The Kier molecular flexibility index (Phi) is 4.75.